The summed E-state index contributed by atoms with van der Waals surface area (Å²) in [4.78, 5) is 22.8. The lowest BCUT2D eigenvalue weighted by atomic mass is 10.1. The molecule has 2 aromatic rings. The summed E-state index contributed by atoms with van der Waals surface area (Å²) in [6, 6.07) is 9.43. The van der Waals surface area contributed by atoms with Gasteiger partial charge in [0, 0.05) is 17.7 Å². The number of benzene rings is 2. The molecule has 0 spiro atoms. The summed E-state index contributed by atoms with van der Waals surface area (Å²) >= 11 is 3.40. The van der Waals surface area contributed by atoms with Crippen molar-refractivity contribution in [3.8, 4) is 5.75 Å². The van der Waals surface area contributed by atoms with Gasteiger partial charge in [-0.25, -0.2) is 0 Å². The number of amides is 1. The van der Waals surface area contributed by atoms with Crippen molar-refractivity contribution in [1.29, 1.82) is 0 Å². The normalized spacial score (nSPS) is 10.4. The number of unbranched alkanes of at least 4 members (excludes halogenated alkanes) is 1. The van der Waals surface area contributed by atoms with Gasteiger partial charge >= 0.3 is 0 Å². The molecule has 0 saturated carbocycles. The molecule has 0 atom stereocenters. The van der Waals surface area contributed by atoms with Gasteiger partial charge < -0.3 is 10.1 Å². The minimum Gasteiger partial charge on any atom is -0.492 e. The molecule has 6 nitrogen and oxygen atoms in total. The van der Waals surface area contributed by atoms with Gasteiger partial charge in [0.15, 0.2) is 0 Å². The number of non-ortho nitro benzene ring substituents is 1. The van der Waals surface area contributed by atoms with E-state index in [4.69, 9.17) is 4.74 Å². The number of nitro benzene ring substituents is 1. The quantitative estimate of drug-likeness (QED) is 0.394. The highest BCUT2D eigenvalue weighted by Crippen LogP contribution is 2.27. The zero-order chi connectivity index (χ0) is 18.4. The average Bonchev–Trinajstić information content (AvgIpc) is 2.58. The van der Waals surface area contributed by atoms with Gasteiger partial charge in [0.1, 0.15) is 5.75 Å². The van der Waals surface area contributed by atoms with E-state index in [9.17, 15) is 14.9 Å². The summed E-state index contributed by atoms with van der Waals surface area (Å²) in [6.45, 7) is 4.48. The number of anilines is 1. The SMILES string of the molecule is CCCCOc1ccc(C(=O)Nc2cc([N+](=O)[O-])ccc2C)cc1Br. The molecule has 25 heavy (non-hydrogen) atoms. The van der Waals surface area contributed by atoms with Gasteiger partial charge in [-0.1, -0.05) is 19.4 Å². The maximum Gasteiger partial charge on any atom is 0.271 e. The minimum atomic E-state index is -0.492. The average molecular weight is 407 g/mol. The van der Waals surface area contributed by atoms with Gasteiger partial charge in [0.25, 0.3) is 11.6 Å². The molecular formula is C18H19BrN2O4. The molecule has 0 radical (unpaired) electrons. The highest BCUT2D eigenvalue weighted by atomic mass is 79.9. The molecule has 0 bridgehead atoms. The Morgan fingerprint density at radius 1 is 1.28 bits per heavy atom. The van der Waals surface area contributed by atoms with Gasteiger partial charge in [0.2, 0.25) is 0 Å². The van der Waals surface area contributed by atoms with Gasteiger partial charge in [-0.15, -0.1) is 0 Å². The summed E-state index contributed by atoms with van der Waals surface area (Å²) in [6.07, 6.45) is 2.00. The zero-order valence-corrected chi connectivity index (χ0v) is 15.6. The molecule has 0 heterocycles. The fourth-order valence-corrected chi connectivity index (χ4v) is 2.63. The number of hydrogen-bond acceptors (Lipinski definition) is 4. The van der Waals surface area contributed by atoms with Crippen molar-refractivity contribution in [1.82, 2.24) is 0 Å². The number of hydrogen-bond donors (Lipinski definition) is 1. The molecular weight excluding hydrogens is 388 g/mol. The highest BCUT2D eigenvalue weighted by Gasteiger charge is 2.13. The first-order valence-electron chi connectivity index (χ1n) is 7.91. The van der Waals surface area contributed by atoms with Gasteiger partial charge in [-0.05, 0) is 53.0 Å². The van der Waals surface area contributed by atoms with Gasteiger partial charge in [-0.3, -0.25) is 14.9 Å². The maximum absolute atomic E-state index is 12.4. The monoisotopic (exact) mass is 406 g/mol. The molecule has 7 heteroatoms. The van der Waals surface area contributed by atoms with Crippen LogP contribution in [0.15, 0.2) is 40.9 Å². The number of nitrogens with zero attached hydrogens (tertiary/aromatic N) is 1. The lowest BCUT2D eigenvalue weighted by Gasteiger charge is -2.11. The van der Waals surface area contributed by atoms with E-state index in [1.54, 1.807) is 31.2 Å². The minimum absolute atomic E-state index is 0.0678. The number of nitrogens with one attached hydrogen (secondary N) is 1. The van der Waals surface area contributed by atoms with Gasteiger partial charge in [-0.2, -0.15) is 0 Å². The largest absolute Gasteiger partial charge is 0.492 e. The van der Waals surface area contributed by atoms with E-state index in [0.717, 1.165) is 18.4 Å². The van der Waals surface area contributed by atoms with Crippen molar-refractivity contribution in [3.63, 3.8) is 0 Å². The topological polar surface area (TPSA) is 81.5 Å². The number of aryl methyl sites for hydroxylation is 1. The van der Waals surface area contributed by atoms with Crippen LogP contribution in [-0.4, -0.2) is 17.4 Å². The first-order valence-corrected chi connectivity index (χ1v) is 8.70. The molecule has 132 valence electrons. The van der Waals surface area contributed by atoms with Crippen LogP contribution in [0.25, 0.3) is 0 Å². The molecule has 0 aliphatic carbocycles. The Balaban J connectivity index is 2.14. The Labute approximate surface area is 154 Å². The van der Waals surface area contributed by atoms with Crippen LogP contribution >= 0.6 is 15.9 Å². The van der Waals surface area contributed by atoms with Crippen molar-refractivity contribution in [2.24, 2.45) is 0 Å². The second kappa shape index (κ2) is 8.62. The highest BCUT2D eigenvalue weighted by molar-refractivity contribution is 9.10. The second-order valence-corrected chi connectivity index (χ2v) is 6.41. The van der Waals surface area contributed by atoms with Crippen LogP contribution in [0.2, 0.25) is 0 Å². The van der Waals surface area contributed by atoms with Crippen LogP contribution in [0.3, 0.4) is 0 Å². The Morgan fingerprint density at radius 2 is 2.04 bits per heavy atom. The predicted octanol–water partition coefficient (Wildman–Crippen LogP) is 5.10. The molecule has 2 rings (SSSR count). The lowest BCUT2D eigenvalue weighted by Crippen LogP contribution is -2.13. The van der Waals surface area contributed by atoms with E-state index >= 15 is 0 Å². The number of carbonyl (C=O) groups is 1. The molecule has 0 aromatic heterocycles. The Morgan fingerprint density at radius 3 is 2.68 bits per heavy atom. The number of nitro groups is 1. The summed E-state index contributed by atoms with van der Waals surface area (Å²) in [7, 11) is 0. The van der Waals surface area contributed by atoms with Crippen LogP contribution in [-0.2, 0) is 0 Å². The fraction of sp³-hybridized carbons (Fsp3) is 0.278. The van der Waals surface area contributed by atoms with Crippen molar-refractivity contribution >= 4 is 33.2 Å². The standard InChI is InChI=1S/C18H19BrN2O4/c1-3-4-9-25-17-8-6-13(10-15(17)19)18(22)20-16-11-14(21(23)24)7-5-12(16)2/h5-8,10-11H,3-4,9H2,1-2H3,(H,20,22). The Kier molecular flexibility index (Phi) is 6.52. The number of carbonyl (C=O) groups excluding carboxylic acids is 1. The summed E-state index contributed by atoms with van der Waals surface area (Å²) in [5.74, 6) is 0.334. The zero-order valence-electron chi connectivity index (χ0n) is 14.0. The van der Waals surface area contributed by atoms with Crippen LogP contribution < -0.4 is 10.1 Å². The van der Waals surface area contributed by atoms with Crippen LogP contribution in [0.1, 0.15) is 35.7 Å². The first kappa shape index (κ1) is 18.9. The smallest absolute Gasteiger partial charge is 0.271 e. The van der Waals surface area contributed by atoms with E-state index < -0.39 is 4.92 Å². The molecule has 0 aliphatic rings. The number of ether oxygens (including phenoxy) is 1. The van der Waals surface area contributed by atoms with Crippen LogP contribution in [0, 0.1) is 17.0 Å². The van der Waals surface area contributed by atoms with Crippen molar-refractivity contribution in [3.05, 3.63) is 62.1 Å². The third-order valence-corrected chi connectivity index (χ3v) is 4.25. The molecule has 1 amide bonds. The number of rotatable bonds is 7. The lowest BCUT2D eigenvalue weighted by molar-refractivity contribution is -0.384. The summed E-state index contributed by atoms with van der Waals surface area (Å²) in [5.41, 5.74) is 1.53. The van der Waals surface area contributed by atoms with Gasteiger partial charge in [0.05, 0.1) is 21.7 Å². The molecule has 0 fully saturated rings. The van der Waals surface area contributed by atoms with Crippen molar-refractivity contribution in [2.45, 2.75) is 26.7 Å². The van der Waals surface area contributed by atoms with E-state index in [0.29, 0.717) is 28.1 Å². The number of halogens is 1. The van der Waals surface area contributed by atoms with Crippen LogP contribution in [0.4, 0.5) is 11.4 Å². The Bertz CT molecular complexity index is 793. The first-order chi connectivity index (χ1) is 11.9. The summed E-state index contributed by atoms with van der Waals surface area (Å²) in [5, 5.41) is 13.6. The molecule has 0 aliphatic heterocycles. The fourth-order valence-electron chi connectivity index (χ4n) is 2.14. The molecule has 0 unspecified atom stereocenters. The van der Waals surface area contributed by atoms with E-state index in [1.807, 2.05) is 0 Å². The predicted molar refractivity (Wildman–Crippen MR) is 100 cm³/mol. The second-order valence-electron chi connectivity index (χ2n) is 5.56. The van der Waals surface area contributed by atoms with E-state index in [-0.39, 0.29) is 11.6 Å². The van der Waals surface area contributed by atoms with Crippen molar-refractivity contribution < 1.29 is 14.5 Å². The van der Waals surface area contributed by atoms with Crippen molar-refractivity contribution in [2.75, 3.05) is 11.9 Å². The third-order valence-electron chi connectivity index (χ3n) is 3.63. The maximum atomic E-state index is 12.4. The van der Waals surface area contributed by atoms with E-state index in [1.165, 1.54) is 12.1 Å². The third kappa shape index (κ3) is 5.03. The Hall–Kier alpha value is -2.41. The molecule has 1 N–H and O–H groups in total. The van der Waals surface area contributed by atoms with Crippen LogP contribution in [0.5, 0.6) is 5.75 Å². The molecule has 2 aromatic carbocycles. The molecule has 0 saturated heterocycles. The van der Waals surface area contributed by atoms with E-state index in [2.05, 4.69) is 28.2 Å². The summed E-state index contributed by atoms with van der Waals surface area (Å²) < 4.78 is 6.32.